The maximum atomic E-state index is 11.6. The highest BCUT2D eigenvalue weighted by atomic mass is 16.5. The average molecular weight is 256 g/mol. The molecule has 0 saturated carbocycles. The lowest BCUT2D eigenvalue weighted by Gasteiger charge is -2.35. The molecule has 0 aromatic rings. The summed E-state index contributed by atoms with van der Waals surface area (Å²) in [6.07, 6.45) is 6.00. The number of likely N-dealkylation sites (N-methyl/N-ethyl adjacent to an activating group) is 1. The molecule has 1 saturated heterocycles. The van der Waals surface area contributed by atoms with Gasteiger partial charge >= 0.3 is 5.97 Å². The van der Waals surface area contributed by atoms with Crippen LogP contribution < -0.4 is 5.32 Å². The van der Waals surface area contributed by atoms with Gasteiger partial charge in [0, 0.05) is 12.6 Å². The zero-order valence-corrected chi connectivity index (χ0v) is 12.1. The summed E-state index contributed by atoms with van der Waals surface area (Å²) >= 11 is 0. The van der Waals surface area contributed by atoms with E-state index >= 15 is 0 Å². The van der Waals surface area contributed by atoms with Crippen LogP contribution in [0.5, 0.6) is 0 Å². The summed E-state index contributed by atoms with van der Waals surface area (Å²) in [5, 5.41) is 3.20. The maximum absolute atomic E-state index is 11.6. The highest BCUT2D eigenvalue weighted by Crippen LogP contribution is 2.19. The fourth-order valence-corrected chi connectivity index (χ4v) is 2.80. The van der Waals surface area contributed by atoms with Gasteiger partial charge in [0.05, 0.1) is 7.11 Å². The number of nitrogens with one attached hydrogen (secondary N) is 1. The SMILES string of the molecule is CCNC(CCN1CCCCC1CC)C(=O)OC. The number of likely N-dealkylation sites (tertiary alicyclic amines) is 1. The molecule has 0 spiro atoms. The van der Waals surface area contributed by atoms with E-state index in [0.717, 1.165) is 19.5 Å². The summed E-state index contributed by atoms with van der Waals surface area (Å²) in [5.74, 6) is -0.137. The Balaban J connectivity index is 2.42. The molecule has 2 unspecified atom stereocenters. The van der Waals surface area contributed by atoms with Gasteiger partial charge in [0.25, 0.3) is 0 Å². The van der Waals surface area contributed by atoms with Gasteiger partial charge in [-0.15, -0.1) is 0 Å². The second kappa shape index (κ2) is 8.48. The van der Waals surface area contributed by atoms with Crippen molar-refractivity contribution in [3.8, 4) is 0 Å². The van der Waals surface area contributed by atoms with Crippen molar-refractivity contribution < 1.29 is 9.53 Å². The van der Waals surface area contributed by atoms with Crippen LogP contribution in [0.15, 0.2) is 0 Å². The Morgan fingerprint density at radius 3 is 2.83 bits per heavy atom. The topological polar surface area (TPSA) is 41.6 Å². The monoisotopic (exact) mass is 256 g/mol. The molecule has 1 heterocycles. The molecule has 18 heavy (non-hydrogen) atoms. The molecule has 0 aliphatic carbocycles. The minimum absolute atomic E-state index is 0.137. The predicted octanol–water partition coefficient (Wildman–Crippen LogP) is 1.79. The number of nitrogens with zero attached hydrogens (tertiary/aromatic N) is 1. The zero-order valence-electron chi connectivity index (χ0n) is 12.1. The lowest BCUT2D eigenvalue weighted by atomic mass is 9.99. The Morgan fingerprint density at radius 1 is 1.44 bits per heavy atom. The number of hydrogen-bond acceptors (Lipinski definition) is 4. The Morgan fingerprint density at radius 2 is 2.22 bits per heavy atom. The molecule has 1 aliphatic heterocycles. The van der Waals surface area contributed by atoms with Crippen molar-refractivity contribution in [2.24, 2.45) is 0 Å². The van der Waals surface area contributed by atoms with Crippen LogP contribution in [0.3, 0.4) is 0 Å². The Hall–Kier alpha value is -0.610. The molecule has 1 N–H and O–H groups in total. The van der Waals surface area contributed by atoms with Crippen LogP contribution in [0.4, 0.5) is 0 Å². The molecule has 4 nitrogen and oxygen atoms in total. The highest BCUT2D eigenvalue weighted by Gasteiger charge is 2.23. The Kier molecular flexibility index (Phi) is 7.28. The predicted molar refractivity (Wildman–Crippen MR) is 73.6 cm³/mol. The lowest BCUT2D eigenvalue weighted by Crippen LogP contribution is -2.44. The number of carbonyl (C=O) groups is 1. The molecule has 0 amide bonds. The molecule has 1 fully saturated rings. The van der Waals surface area contributed by atoms with Gasteiger partial charge in [-0.05, 0) is 38.8 Å². The van der Waals surface area contributed by atoms with Gasteiger partial charge in [0.2, 0.25) is 0 Å². The van der Waals surface area contributed by atoms with E-state index in [9.17, 15) is 4.79 Å². The third-order valence-electron chi connectivity index (χ3n) is 3.86. The van der Waals surface area contributed by atoms with Crippen molar-refractivity contribution in [1.29, 1.82) is 0 Å². The van der Waals surface area contributed by atoms with E-state index in [0.29, 0.717) is 6.04 Å². The lowest BCUT2D eigenvalue weighted by molar-refractivity contribution is -0.143. The minimum atomic E-state index is -0.153. The fourth-order valence-electron chi connectivity index (χ4n) is 2.80. The quantitative estimate of drug-likeness (QED) is 0.705. The second-order valence-corrected chi connectivity index (χ2v) is 5.02. The van der Waals surface area contributed by atoms with Crippen molar-refractivity contribution in [1.82, 2.24) is 10.2 Å². The largest absolute Gasteiger partial charge is 0.468 e. The standard InChI is InChI=1S/C14H28N2O2/c1-4-12-8-6-7-10-16(12)11-9-13(15-5-2)14(17)18-3/h12-13,15H,4-11H2,1-3H3. The first kappa shape index (κ1) is 15.4. The van der Waals surface area contributed by atoms with E-state index < -0.39 is 0 Å². The van der Waals surface area contributed by atoms with Gasteiger partial charge in [-0.2, -0.15) is 0 Å². The van der Waals surface area contributed by atoms with Crippen molar-refractivity contribution in [3.05, 3.63) is 0 Å². The van der Waals surface area contributed by atoms with Crippen LogP contribution >= 0.6 is 0 Å². The molecule has 106 valence electrons. The number of esters is 1. The van der Waals surface area contributed by atoms with Crippen LogP contribution in [0.25, 0.3) is 0 Å². The van der Waals surface area contributed by atoms with Crippen LogP contribution in [0.2, 0.25) is 0 Å². The third kappa shape index (κ3) is 4.58. The van der Waals surface area contributed by atoms with E-state index in [1.807, 2.05) is 6.92 Å². The maximum Gasteiger partial charge on any atom is 0.322 e. The van der Waals surface area contributed by atoms with Gasteiger partial charge < -0.3 is 15.0 Å². The first-order chi connectivity index (χ1) is 8.72. The van der Waals surface area contributed by atoms with E-state index in [1.54, 1.807) is 0 Å². The van der Waals surface area contributed by atoms with Crippen molar-refractivity contribution in [3.63, 3.8) is 0 Å². The number of ether oxygens (including phenoxy) is 1. The summed E-state index contributed by atoms with van der Waals surface area (Å²) in [6.45, 7) is 7.25. The molecule has 0 aromatic carbocycles. The molecule has 1 aliphatic rings. The van der Waals surface area contributed by atoms with E-state index in [2.05, 4.69) is 17.1 Å². The van der Waals surface area contributed by atoms with Gasteiger partial charge in [-0.3, -0.25) is 4.79 Å². The number of piperidine rings is 1. The van der Waals surface area contributed by atoms with Crippen molar-refractivity contribution in [2.75, 3.05) is 26.7 Å². The van der Waals surface area contributed by atoms with Crippen LogP contribution in [-0.4, -0.2) is 49.7 Å². The molecular formula is C14H28N2O2. The Bertz CT molecular complexity index is 246. The van der Waals surface area contributed by atoms with Gasteiger partial charge in [-0.1, -0.05) is 20.3 Å². The number of hydrogen-bond donors (Lipinski definition) is 1. The van der Waals surface area contributed by atoms with E-state index in [1.165, 1.54) is 39.3 Å². The van der Waals surface area contributed by atoms with Gasteiger partial charge in [0.15, 0.2) is 0 Å². The first-order valence-corrected chi connectivity index (χ1v) is 7.28. The summed E-state index contributed by atoms with van der Waals surface area (Å²) in [5.41, 5.74) is 0. The second-order valence-electron chi connectivity index (χ2n) is 5.02. The Labute approximate surface area is 111 Å². The average Bonchev–Trinajstić information content (AvgIpc) is 2.42. The summed E-state index contributed by atoms with van der Waals surface area (Å²) in [6, 6.07) is 0.554. The first-order valence-electron chi connectivity index (χ1n) is 7.28. The molecule has 0 aromatic heterocycles. The van der Waals surface area contributed by atoms with Crippen LogP contribution in [-0.2, 0) is 9.53 Å². The van der Waals surface area contributed by atoms with Crippen LogP contribution in [0, 0.1) is 0 Å². The molecular weight excluding hydrogens is 228 g/mol. The molecule has 1 rings (SSSR count). The van der Waals surface area contributed by atoms with Gasteiger partial charge in [0.1, 0.15) is 6.04 Å². The molecule has 0 bridgehead atoms. The number of rotatable bonds is 7. The summed E-state index contributed by atoms with van der Waals surface area (Å²) in [4.78, 5) is 14.2. The zero-order chi connectivity index (χ0) is 13.4. The molecule has 4 heteroatoms. The van der Waals surface area contributed by atoms with E-state index in [4.69, 9.17) is 4.74 Å². The molecule has 0 radical (unpaired) electrons. The van der Waals surface area contributed by atoms with E-state index in [-0.39, 0.29) is 12.0 Å². The third-order valence-corrected chi connectivity index (χ3v) is 3.86. The smallest absolute Gasteiger partial charge is 0.322 e. The highest BCUT2D eigenvalue weighted by molar-refractivity contribution is 5.75. The van der Waals surface area contributed by atoms with Crippen LogP contribution in [0.1, 0.15) is 46.0 Å². The van der Waals surface area contributed by atoms with Gasteiger partial charge in [-0.25, -0.2) is 0 Å². The normalized spacial score (nSPS) is 22.7. The van der Waals surface area contributed by atoms with Crippen molar-refractivity contribution >= 4 is 5.97 Å². The summed E-state index contributed by atoms with van der Waals surface area (Å²) < 4.78 is 4.84. The fraction of sp³-hybridized carbons (Fsp3) is 0.929. The van der Waals surface area contributed by atoms with Crippen molar-refractivity contribution in [2.45, 2.75) is 58.0 Å². The minimum Gasteiger partial charge on any atom is -0.468 e. The number of carbonyl (C=O) groups excluding carboxylic acids is 1. The molecule has 2 atom stereocenters. The number of methoxy groups -OCH3 is 1. The summed E-state index contributed by atoms with van der Waals surface area (Å²) in [7, 11) is 1.46.